The summed E-state index contributed by atoms with van der Waals surface area (Å²) in [5.74, 6) is 2.36. The minimum absolute atomic E-state index is 0.0204. The molecule has 5 rings (SSSR count). The summed E-state index contributed by atoms with van der Waals surface area (Å²) in [6.45, 7) is 4.89. The largest absolute Gasteiger partial charge is 0.458 e. The minimum Gasteiger partial charge on any atom is -0.458 e. The number of carbonyl (C=O) groups is 2. The molecule has 1 saturated heterocycles. The van der Waals surface area contributed by atoms with Gasteiger partial charge in [-0.1, -0.05) is 19.4 Å². The first-order valence-electron chi connectivity index (χ1n) is 10.8. The molecule has 1 spiro atoms. The second-order valence-electron chi connectivity index (χ2n) is 10.3. The molecule has 148 valence electrons. The SMILES string of the molecule is CS[C@@H]1CC2=CC(=O)CC[C@]2(C)[C@H]2CC[C@@]3(C)[C@H](CC[C@@]34CCC(=O)O4)[C@H]12. The quantitative estimate of drug-likeness (QED) is 0.597. The van der Waals surface area contributed by atoms with Gasteiger partial charge in [-0.25, -0.2) is 0 Å². The number of rotatable bonds is 1. The molecule has 1 aliphatic heterocycles. The lowest BCUT2D eigenvalue weighted by Gasteiger charge is -2.61. The lowest BCUT2D eigenvalue weighted by Crippen LogP contribution is -2.57. The minimum atomic E-state index is -0.192. The number of carbonyl (C=O) groups excluding carboxylic acids is 2. The predicted octanol–water partition coefficient (Wildman–Crippen LogP) is 4.94. The maximum absolute atomic E-state index is 12.1. The van der Waals surface area contributed by atoms with E-state index in [9.17, 15) is 9.59 Å². The molecule has 4 heteroatoms. The summed E-state index contributed by atoms with van der Waals surface area (Å²) < 4.78 is 6.07. The average Bonchev–Trinajstić information content (AvgIpc) is 3.16. The van der Waals surface area contributed by atoms with Gasteiger partial charge in [0.15, 0.2) is 5.78 Å². The molecule has 0 bridgehead atoms. The zero-order chi connectivity index (χ0) is 19.0. The zero-order valence-corrected chi connectivity index (χ0v) is 17.7. The van der Waals surface area contributed by atoms with Crippen LogP contribution < -0.4 is 0 Å². The Kier molecular flexibility index (Phi) is 3.97. The molecule has 7 atom stereocenters. The van der Waals surface area contributed by atoms with E-state index < -0.39 is 0 Å². The van der Waals surface area contributed by atoms with Gasteiger partial charge in [0.05, 0.1) is 0 Å². The maximum Gasteiger partial charge on any atom is 0.306 e. The second-order valence-corrected chi connectivity index (χ2v) is 11.4. The smallest absolute Gasteiger partial charge is 0.306 e. The van der Waals surface area contributed by atoms with Gasteiger partial charge in [0, 0.05) is 23.5 Å². The van der Waals surface area contributed by atoms with Crippen LogP contribution in [0.15, 0.2) is 11.6 Å². The second kappa shape index (κ2) is 5.87. The van der Waals surface area contributed by atoms with Crippen LogP contribution in [0.4, 0.5) is 0 Å². The number of hydrogen-bond acceptors (Lipinski definition) is 4. The molecule has 0 N–H and O–H groups in total. The third kappa shape index (κ3) is 2.28. The summed E-state index contributed by atoms with van der Waals surface area (Å²) in [7, 11) is 0. The van der Waals surface area contributed by atoms with Gasteiger partial charge in [-0.2, -0.15) is 11.8 Å². The highest BCUT2D eigenvalue weighted by Crippen LogP contribution is 2.70. The van der Waals surface area contributed by atoms with Gasteiger partial charge in [0.25, 0.3) is 0 Å². The average molecular weight is 389 g/mol. The predicted molar refractivity (Wildman–Crippen MR) is 107 cm³/mol. The fourth-order valence-corrected chi connectivity index (χ4v) is 9.08. The molecule has 0 amide bonds. The summed E-state index contributed by atoms with van der Waals surface area (Å²) in [6.07, 6.45) is 13.3. The van der Waals surface area contributed by atoms with Crippen LogP contribution in [-0.2, 0) is 14.3 Å². The molecule has 0 aromatic carbocycles. The Hall–Kier alpha value is -0.770. The van der Waals surface area contributed by atoms with E-state index in [2.05, 4.69) is 20.1 Å². The molecule has 0 aromatic heterocycles. The lowest BCUT2D eigenvalue weighted by atomic mass is 9.46. The van der Waals surface area contributed by atoms with Crippen molar-refractivity contribution >= 4 is 23.5 Å². The number of hydrogen-bond donors (Lipinski definition) is 0. The Morgan fingerprint density at radius 1 is 1.04 bits per heavy atom. The number of thioether (sulfide) groups is 1. The van der Waals surface area contributed by atoms with Gasteiger partial charge in [0.2, 0.25) is 0 Å². The third-order valence-corrected chi connectivity index (χ3v) is 10.7. The standard InChI is InChI=1S/C23H32O3S/c1-21-8-4-15(24)12-14(21)13-18(27-3)20-16(21)5-9-22(2)17(20)6-10-23(22)11-7-19(25)26-23/h12,16-18,20H,4-11,13H2,1-3H3/t16-,17+,18+,20+,21-,22-,23+/m0/s1. The van der Waals surface area contributed by atoms with Crippen LogP contribution in [0.5, 0.6) is 0 Å². The van der Waals surface area contributed by atoms with Crippen LogP contribution >= 0.6 is 11.8 Å². The van der Waals surface area contributed by atoms with E-state index in [1.165, 1.54) is 24.8 Å². The Labute approximate surface area is 167 Å². The Balaban J connectivity index is 1.54. The zero-order valence-electron chi connectivity index (χ0n) is 16.9. The Morgan fingerprint density at radius 2 is 1.81 bits per heavy atom. The van der Waals surface area contributed by atoms with E-state index in [0.717, 1.165) is 32.1 Å². The highest BCUT2D eigenvalue weighted by atomic mass is 32.2. The van der Waals surface area contributed by atoms with Crippen LogP contribution in [0.1, 0.15) is 71.6 Å². The van der Waals surface area contributed by atoms with Crippen LogP contribution in [0.3, 0.4) is 0 Å². The fourth-order valence-electron chi connectivity index (χ4n) is 8.04. The normalized spacial score (nSPS) is 51.4. The molecule has 1 heterocycles. The number of ketones is 1. The molecule has 3 saturated carbocycles. The van der Waals surface area contributed by atoms with Crippen LogP contribution in [-0.4, -0.2) is 28.9 Å². The molecule has 4 aliphatic carbocycles. The summed E-state index contributed by atoms with van der Waals surface area (Å²) in [4.78, 5) is 24.1. The first kappa shape index (κ1) is 18.3. The monoisotopic (exact) mass is 388 g/mol. The number of esters is 1. The van der Waals surface area contributed by atoms with E-state index in [4.69, 9.17) is 4.74 Å². The first-order chi connectivity index (χ1) is 12.8. The van der Waals surface area contributed by atoms with Crippen molar-refractivity contribution in [3.8, 4) is 0 Å². The van der Waals surface area contributed by atoms with Crippen LogP contribution in [0.2, 0.25) is 0 Å². The number of allylic oxidation sites excluding steroid dienone is 1. The van der Waals surface area contributed by atoms with Crippen molar-refractivity contribution in [3.63, 3.8) is 0 Å². The van der Waals surface area contributed by atoms with Crippen molar-refractivity contribution < 1.29 is 14.3 Å². The first-order valence-corrected chi connectivity index (χ1v) is 12.1. The fraction of sp³-hybridized carbons (Fsp3) is 0.826. The molecule has 0 radical (unpaired) electrons. The Bertz CT molecular complexity index is 729. The molecular formula is C23H32O3S. The highest BCUT2D eigenvalue weighted by molar-refractivity contribution is 7.99. The number of fused-ring (bicyclic) bond motifs is 6. The lowest BCUT2D eigenvalue weighted by molar-refractivity contribution is -0.167. The van der Waals surface area contributed by atoms with Gasteiger partial charge in [-0.3, -0.25) is 9.59 Å². The van der Waals surface area contributed by atoms with Crippen LogP contribution in [0.25, 0.3) is 0 Å². The van der Waals surface area contributed by atoms with Crippen molar-refractivity contribution in [1.29, 1.82) is 0 Å². The Morgan fingerprint density at radius 3 is 2.52 bits per heavy atom. The molecule has 5 aliphatic rings. The molecular weight excluding hydrogens is 356 g/mol. The van der Waals surface area contributed by atoms with Gasteiger partial charge in [0.1, 0.15) is 5.60 Å². The van der Waals surface area contributed by atoms with E-state index in [0.29, 0.717) is 35.2 Å². The van der Waals surface area contributed by atoms with E-state index in [-0.39, 0.29) is 22.4 Å². The van der Waals surface area contributed by atoms with Crippen molar-refractivity contribution in [2.45, 2.75) is 82.5 Å². The van der Waals surface area contributed by atoms with Gasteiger partial charge in [-0.05, 0) is 80.4 Å². The molecule has 0 unspecified atom stereocenters. The topological polar surface area (TPSA) is 43.4 Å². The van der Waals surface area contributed by atoms with Gasteiger partial charge in [-0.15, -0.1) is 0 Å². The molecule has 3 nitrogen and oxygen atoms in total. The van der Waals surface area contributed by atoms with Crippen molar-refractivity contribution in [3.05, 3.63) is 11.6 Å². The summed E-state index contributed by atoms with van der Waals surface area (Å²) in [5, 5.41) is 0.595. The molecule has 0 aromatic rings. The van der Waals surface area contributed by atoms with Crippen molar-refractivity contribution in [2.24, 2.45) is 28.6 Å². The van der Waals surface area contributed by atoms with Crippen molar-refractivity contribution in [1.82, 2.24) is 0 Å². The summed E-state index contributed by atoms with van der Waals surface area (Å²) in [6, 6.07) is 0. The van der Waals surface area contributed by atoms with Crippen molar-refractivity contribution in [2.75, 3.05) is 6.26 Å². The molecule has 4 fully saturated rings. The summed E-state index contributed by atoms with van der Waals surface area (Å²) in [5.41, 5.74) is 1.58. The van der Waals surface area contributed by atoms with Crippen LogP contribution in [0, 0.1) is 28.6 Å². The van der Waals surface area contributed by atoms with Gasteiger partial charge < -0.3 is 4.74 Å². The van der Waals surface area contributed by atoms with E-state index >= 15 is 0 Å². The van der Waals surface area contributed by atoms with E-state index in [1.807, 2.05) is 17.8 Å². The van der Waals surface area contributed by atoms with Gasteiger partial charge >= 0.3 is 5.97 Å². The maximum atomic E-state index is 12.1. The molecule has 27 heavy (non-hydrogen) atoms. The highest BCUT2D eigenvalue weighted by Gasteiger charge is 2.68. The number of ether oxygens (including phenoxy) is 1. The summed E-state index contributed by atoms with van der Waals surface area (Å²) >= 11 is 2.01. The van der Waals surface area contributed by atoms with E-state index in [1.54, 1.807) is 0 Å². The third-order valence-electron chi connectivity index (χ3n) is 9.60.